The van der Waals surface area contributed by atoms with E-state index in [-0.39, 0.29) is 0 Å². The van der Waals surface area contributed by atoms with Crippen molar-refractivity contribution >= 4 is 28.4 Å². The molecule has 4 heteroatoms. The summed E-state index contributed by atoms with van der Waals surface area (Å²) in [4.78, 5) is 8.18. The number of aromatic nitrogens is 2. The molecule has 3 nitrogen and oxygen atoms in total. The minimum atomic E-state index is 0.942. The molecule has 0 radical (unpaired) electrons. The molecule has 1 aliphatic carbocycles. The molecule has 1 heterocycles. The molecule has 1 fully saturated rings. The van der Waals surface area contributed by atoms with Crippen molar-refractivity contribution in [3.63, 3.8) is 0 Å². The van der Waals surface area contributed by atoms with Gasteiger partial charge in [0.05, 0.1) is 3.57 Å². The van der Waals surface area contributed by atoms with Gasteiger partial charge >= 0.3 is 0 Å². The summed E-state index contributed by atoms with van der Waals surface area (Å²) in [6, 6.07) is 0. The summed E-state index contributed by atoms with van der Waals surface area (Å²) >= 11 is 2.26. The molecule has 0 unspecified atom stereocenters. The molecule has 0 aromatic carbocycles. The number of hydrogen-bond acceptors (Lipinski definition) is 3. The van der Waals surface area contributed by atoms with Crippen LogP contribution in [0.5, 0.6) is 0 Å². The molecule has 1 aromatic rings. The first-order valence-electron chi connectivity index (χ1n) is 5.55. The second-order valence-corrected chi connectivity index (χ2v) is 5.25. The summed E-state index contributed by atoms with van der Waals surface area (Å²) in [5.41, 5.74) is 0. The second kappa shape index (κ2) is 5.63. The third kappa shape index (κ3) is 3.29. The largest absolute Gasteiger partial charge is 0.369 e. The van der Waals surface area contributed by atoms with Crippen molar-refractivity contribution in [1.82, 2.24) is 9.97 Å². The molecular weight excluding hydrogens is 301 g/mol. The molecule has 0 amide bonds. The van der Waals surface area contributed by atoms with E-state index in [1.165, 1.54) is 32.1 Å². The fourth-order valence-electron chi connectivity index (χ4n) is 2.14. The van der Waals surface area contributed by atoms with Crippen molar-refractivity contribution in [3.8, 4) is 0 Å². The summed E-state index contributed by atoms with van der Waals surface area (Å²) in [5.74, 6) is 1.92. The molecule has 82 valence electrons. The normalized spacial score (nSPS) is 16.9. The van der Waals surface area contributed by atoms with Crippen LogP contribution in [0, 0.1) is 9.49 Å². The zero-order valence-corrected chi connectivity index (χ0v) is 10.9. The Morgan fingerprint density at radius 2 is 2.20 bits per heavy atom. The highest BCUT2D eigenvalue weighted by Crippen LogP contribution is 2.27. The van der Waals surface area contributed by atoms with E-state index in [4.69, 9.17) is 0 Å². The minimum absolute atomic E-state index is 0.942. The molecule has 0 bridgehead atoms. The van der Waals surface area contributed by atoms with E-state index < -0.39 is 0 Å². The summed E-state index contributed by atoms with van der Waals surface area (Å²) in [5, 5.41) is 3.38. The van der Waals surface area contributed by atoms with E-state index in [0.29, 0.717) is 0 Å². The highest BCUT2D eigenvalue weighted by atomic mass is 127. The van der Waals surface area contributed by atoms with E-state index in [2.05, 4.69) is 37.9 Å². The van der Waals surface area contributed by atoms with Gasteiger partial charge in [-0.15, -0.1) is 0 Å². The van der Waals surface area contributed by atoms with Crippen molar-refractivity contribution in [2.45, 2.75) is 32.1 Å². The van der Waals surface area contributed by atoms with Gasteiger partial charge in [0.1, 0.15) is 12.1 Å². The lowest BCUT2D eigenvalue weighted by atomic mass is 10.0. The number of anilines is 1. The van der Waals surface area contributed by atoms with Crippen molar-refractivity contribution < 1.29 is 0 Å². The lowest BCUT2D eigenvalue weighted by Crippen LogP contribution is -2.08. The summed E-state index contributed by atoms with van der Waals surface area (Å²) in [7, 11) is 0. The van der Waals surface area contributed by atoms with Crippen LogP contribution in [-0.2, 0) is 0 Å². The SMILES string of the molecule is Ic1cncnc1NCCC1CCCC1. The van der Waals surface area contributed by atoms with Crippen LogP contribution in [0.3, 0.4) is 0 Å². The highest BCUT2D eigenvalue weighted by Gasteiger charge is 2.14. The fraction of sp³-hybridized carbons (Fsp3) is 0.636. The van der Waals surface area contributed by atoms with Gasteiger partial charge in [0.25, 0.3) is 0 Å². The van der Waals surface area contributed by atoms with Crippen LogP contribution in [0.25, 0.3) is 0 Å². The van der Waals surface area contributed by atoms with E-state index in [0.717, 1.165) is 21.9 Å². The van der Waals surface area contributed by atoms with Crippen LogP contribution in [-0.4, -0.2) is 16.5 Å². The number of nitrogens with one attached hydrogen (secondary N) is 1. The maximum absolute atomic E-state index is 4.21. The molecule has 0 atom stereocenters. The van der Waals surface area contributed by atoms with Gasteiger partial charge < -0.3 is 5.32 Å². The fourth-order valence-corrected chi connectivity index (χ4v) is 2.63. The highest BCUT2D eigenvalue weighted by molar-refractivity contribution is 14.1. The van der Waals surface area contributed by atoms with Crippen LogP contribution in [0.15, 0.2) is 12.5 Å². The van der Waals surface area contributed by atoms with Crippen LogP contribution in [0.2, 0.25) is 0 Å². The van der Waals surface area contributed by atoms with E-state index in [9.17, 15) is 0 Å². The molecule has 1 aliphatic rings. The lowest BCUT2D eigenvalue weighted by Gasteiger charge is -2.10. The Labute approximate surface area is 104 Å². The smallest absolute Gasteiger partial charge is 0.142 e. The van der Waals surface area contributed by atoms with Gasteiger partial charge in [-0.2, -0.15) is 0 Å². The Morgan fingerprint density at radius 1 is 1.40 bits per heavy atom. The van der Waals surface area contributed by atoms with Gasteiger partial charge in [0, 0.05) is 12.7 Å². The predicted octanol–water partition coefficient (Wildman–Crippen LogP) is 3.07. The minimum Gasteiger partial charge on any atom is -0.369 e. The molecule has 1 saturated carbocycles. The van der Waals surface area contributed by atoms with Gasteiger partial charge in [0.2, 0.25) is 0 Å². The maximum atomic E-state index is 4.21. The van der Waals surface area contributed by atoms with Gasteiger partial charge in [0.15, 0.2) is 0 Å². The molecular formula is C11H16IN3. The van der Waals surface area contributed by atoms with E-state index in [1.54, 1.807) is 6.33 Å². The van der Waals surface area contributed by atoms with Gasteiger partial charge in [-0.1, -0.05) is 25.7 Å². The molecule has 0 saturated heterocycles. The quantitative estimate of drug-likeness (QED) is 0.867. The van der Waals surface area contributed by atoms with Crippen LogP contribution in [0.4, 0.5) is 5.82 Å². The first kappa shape index (κ1) is 11.1. The average molecular weight is 317 g/mol. The Kier molecular flexibility index (Phi) is 4.17. The summed E-state index contributed by atoms with van der Waals surface area (Å²) in [6.07, 6.45) is 10.4. The third-order valence-electron chi connectivity index (χ3n) is 2.99. The lowest BCUT2D eigenvalue weighted by molar-refractivity contribution is 0.518. The summed E-state index contributed by atoms with van der Waals surface area (Å²) < 4.78 is 1.10. The van der Waals surface area contributed by atoms with Gasteiger partial charge in [-0.3, -0.25) is 0 Å². The first-order valence-corrected chi connectivity index (χ1v) is 6.63. The third-order valence-corrected chi connectivity index (χ3v) is 3.78. The molecule has 0 aliphatic heterocycles. The zero-order valence-electron chi connectivity index (χ0n) is 8.75. The molecule has 0 spiro atoms. The molecule has 1 aromatic heterocycles. The maximum Gasteiger partial charge on any atom is 0.142 e. The monoisotopic (exact) mass is 317 g/mol. The average Bonchev–Trinajstić information content (AvgIpc) is 2.74. The van der Waals surface area contributed by atoms with Gasteiger partial charge in [-0.05, 0) is 34.9 Å². The van der Waals surface area contributed by atoms with E-state index >= 15 is 0 Å². The molecule has 15 heavy (non-hydrogen) atoms. The van der Waals surface area contributed by atoms with Crippen molar-refractivity contribution in [1.29, 1.82) is 0 Å². The zero-order chi connectivity index (χ0) is 10.5. The molecule has 2 rings (SSSR count). The number of nitrogens with zero attached hydrogens (tertiary/aromatic N) is 2. The Morgan fingerprint density at radius 3 is 2.93 bits per heavy atom. The number of hydrogen-bond donors (Lipinski definition) is 1. The van der Waals surface area contributed by atoms with E-state index in [1.807, 2.05) is 6.20 Å². The van der Waals surface area contributed by atoms with Crippen LogP contribution < -0.4 is 5.32 Å². The van der Waals surface area contributed by atoms with Crippen LogP contribution >= 0.6 is 22.6 Å². The van der Waals surface area contributed by atoms with Crippen molar-refractivity contribution in [2.75, 3.05) is 11.9 Å². The van der Waals surface area contributed by atoms with Crippen molar-refractivity contribution in [2.24, 2.45) is 5.92 Å². The Bertz CT molecular complexity index is 310. The Balaban J connectivity index is 1.75. The Hall–Kier alpha value is -0.390. The molecule has 1 N–H and O–H groups in total. The standard InChI is InChI=1S/C11H16IN3/c12-10-7-13-8-15-11(10)14-6-5-9-3-1-2-4-9/h7-9H,1-6H2,(H,13,14,15). The predicted molar refractivity (Wildman–Crippen MR) is 69.8 cm³/mol. The number of halogens is 1. The van der Waals surface area contributed by atoms with Crippen LogP contribution in [0.1, 0.15) is 32.1 Å². The first-order chi connectivity index (χ1) is 7.36. The topological polar surface area (TPSA) is 37.8 Å². The van der Waals surface area contributed by atoms with Crippen molar-refractivity contribution in [3.05, 3.63) is 16.1 Å². The summed E-state index contributed by atoms with van der Waals surface area (Å²) in [6.45, 7) is 1.04. The second-order valence-electron chi connectivity index (χ2n) is 4.09. The van der Waals surface area contributed by atoms with Gasteiger partial charge in [-0.25, -0.2) is 9.97 Å². The number of rotatable bonds is 4.